The fraction of sp³-hybridized carbons (Fsp3) is 0.333. The number of rotatable bonds is 7. The fourth-order valence-electron chi connectivity index (χ4n) is 3.67. The largest absolute Gasteiger partial charge is 0.455 e. The second-order valence-electron chi connectivity index (χ2n) is 7.12. The van der Waals surface area contributed by atoms with Crippen molar-refractivity contribution in [1.29, 1.82) is 0 Å². The second-order valence-corrected chi connectivity index (χ2v) is 8.01. The van der Waals surface area contributed by atoms with Gasteiger partial charge in [-0.05, 0) is 24.5 Å². The number of nitrogens with one attached hydrogen (secondary N) is 1. The Morgan fingerprint density at radius 1 is 1.24 bits per heavy atom. The first-order valence-corrected chi connectivity index (χ1v) is 10.6. The maximum absolute atomic E-state index is 13.0. The van der Waals surface area contributed by atoms with Crippen molar-refractivity contribution < 1.29 is 9.53 Å². The lowest BCUT2D eigenvalue weighted by Crippen LogP contribution is -2.35. The topological polar surface area (TPSA) is 86.1 Å². The predicted octanol–water partition coefficient (Wildman–Crippen LogP) is 4.25. The van der Waals surface area contributed by atoms with Gasteiger partial charge in [-0.15, -0.1) is 11.3 Å². The van der Waals surface area contributed by atoms with E-state index in [-0.39, 0.29) is 11.5 Å². The number of nitrogens with zero attached hydrogens (tertiary/aromatic N) is 3. The summed E-state index contributed by atoms with van der Waals surface area (Å²) in [4.78, 5) is 29.8. The third-order valence-electron chi connectivity index (χ3n) is 5.07. The van der Waals surface area contributed by atoms with E-state index in [1.54, 1.807) is 23.7 Å². The molecule has 1 unspecified atom stereocenters. The third kappa shape index (κ3) is 4.89. The number of anilines is 1. The van der Waals surface area contributed by atoms with Gasteiger partial charge >= 0.3 is 0 Å². The lowest BCUT2D eigenvalue weighted by atomic mass is 9.98. The molecule has 29 heavy (non-hydrogen) atoms. The zero-order valence-corrected chi connectivity index (χ0v) is 16.7. The van der Waals surface area contributed by atoms with Crippen LogP contribution in [0.5, 0.6) is 11.5 Å². The normalized spacial score (nSPS) is 15.2. The van der Waals surface area contributed by atoms with Gasteiger partial charge in [0.05, 0.1) is 6.20 Å². The van der Waals surface area contributed by atoms with E-state index in [2.05, 4.69) is 15.4 Å². The van der Waals surface area contributed by atoms with Crippen molar-refractivity contribution in [2.45, 2.75) is 38.1 Å². The van der Waals surface area contributed by atoms with Crippen LogP contribution in [-0.4, -0.2) is 20.7 Å². The smallest absolute Gasteiger partial charge is 0.271 e. The number of benzene rings is 1. The number of hydrogen-bond acceptors (Lipinski definition) is 6. The van der Waals surface area contributed by atoms with Gasteiger partial charge in [0.25, 0.3) is 11.5 Å². The Labute approximate surface area is 172 Å². The SMILES string of the molecule is O=C(Nc1nccs1)C(CC1CCCC1)n1ncc(Oc2ccccc2)cc1=O. The molecule has 1 N–H and O–H groups in total. The van der Waals surface area contributed by atoms with Gasteiger partial charge in [-0.1, -0.05) is 43.9 Å². The molecule has 7 nitrogen and oxygen atoms in total. The van der Waals surface area contributed by atoms with Gasteiger partial charge in [0.1, 0.15) is 11.8 Å². The summed E-state index contributed by atoms with van der Waals surface area (Å²) in [5.74, 6) is 1.11. The molecule has 150 valence electrons. The lowest BCUT2D eigenvalue weighted by molar-refractivity contribution is -0.120. The summed E-state index contributed by atoms with van der Waals surface area (Å²) in [6.07, 6.45) is 8.17. The monoisotopic (exact) mass is 410 g/mol. The molecule has 0 aliphatic heterocycles. The lowest BCUT2D eigenvalue weighted by Gasteiger charge is -2.21. The Hall–Kier alpha value is -3.00. The Kier molecular flexibility index (Phi) is 6.00. The molecule has 0 spiro atoms. The first-order valence-electron chi connectivity index (χ1n) is 9.71. The molecule has 1 aliphatic carbocycles. The number of carbonyl (C=O) groups is 1. The highest BCUT2D eigenvalue weighted by molar-refractivity contribution is 7.13. The van der Waals surface area contributed by atoms with Crippen LogP contribution in [0.3, 0.4) is 0 Å². The maximum atomic E-state index is 13.0. The molecule has 2 heterocycles. The van der Waals surface area contributed by atoms with Crippen LogP contribution < -0.4 is 15.6 Å². The number of aromatic nitrogens is 3. The summed E-state index contributed by atoms with van der Waals surface area (Å²) in [6, 6.07) is 9.89. The molecule has 1 saturated carbocycles. The van der Waals surface area contributed by atoms with E-state index < -0.39 is 6.04 Å². The minimum Gasteiger partial charge on any atom is -0.455 e. The van der Waals surface area contributed by atoms with Crippen molar-refractivity contribution in [3.8, 4) is 11.5 Å². The average molecular weight is 410 g/mol. The van der Waals surface area contributed by atoms with Crippen LogP contribution in [-0.2, 0) is 4.79 Å². The number of para-hydroxylation sites is 1. The molecule has 0 saturated heterocycles. The molecule has 1 aliphatic rings. The first-order chi connectivity index (χ1) is 14.2. The number of hydrogen-bond donors (Lipinski definition) is 1. The molecule has 3 aromatic rings. The average Bonchev–Trinajstić information content (AvgIpc) is 3.42. The molecular weight excluding hydrogens is 388 g/mol. The highest BCUT2D eigenvalue weighted by Crippen LogP contribution is 2.32. The van der Waals surface area contributed by atoms with Gasteiger partial charge in [-0.25, -0.2) is 9.67 Å². The van der Waals surface area contributed by atoms with E-state index in [4.69, 9.17) is 4.74 Å². The van der Waals surface area contributed by atoms with Crippen molar-refractivity contribution in [1.82, 2.24) is 14.8 Å². The van der Waals surface area contributed by atoms with E-state index in [1.165, 1.54) is 28.3 Å². The summed E-state index contributed by atoms with van der Waals surface area (Å²) in [7, 11) is 0. The summed E-state index contributed by atoms with van der Waals surface area (Å²) in [5, 5.41) is 9.39. The van der Waals surface area contributed by atoms with Crippen LogP contribution in [0, 0.1) is 5.92 Å². The Bertz CT molecular complexity index is 998. The van der Waals surface area contributed by atoms with Crippen LogP contribution in [0.25, 0.3) is 0 Å². The van der Waals surface area contributed by atoms with Gasteiger partial charge < -0.3 is 10.1 Å². The van der Waals surface area contributed by atoms with Gasteiger partial charge in [0.2, 0.25) is 0 Å². The van der Waals surface area contributed by atoms with E-state index in [0.717, 1.165) is 25.7 Å². The van der Waals surface area contributed by atoms with Crippen molar-refractivity contribution in [3.63, 3.8) is 0 Å². The highest BCUT2D eigenvalue weighted by atomic mass is 32.1. The minimum atomic E-state index is -0.680. The summed E-state index contributed by atoms with van der Waals surface area (Å²) in [6.45, 7) is 0. The Morgan fingerprint density at radius 2 is 2.03 bits per heavy atom. The molecule has 1 amide bonds. The van der Waals surface area contributed by atoms with Crippen LogP contribution >= 0.6 is 11.3 Å². The number of ether oxygens (including phenoxy) is 1. The third-order valence-corrected chi connectivity index (χ3v) is 5.76. The van der Waals surface area contributed by atoms with Crippen LogP contribution in [0.1, 0.15) is 38.1 Å². The first kappa shape index (κ1) is 19.3. The zero-order chi connectivity index (χ0) is 20.1. The fourth-order valence-corrected chi connectivity index (χ4v) is 4.20. The number of thiazole rings is 1. The van der Waals surface area contributed by atoms with Crippen molar-refractivity contribution in [3.05, 3.63) is 64.5 Å². The molecule has 1 aromatic carbocycles. The van der Waals surface area contributed by atoms with Crippen LogP contribution in [0.4, 0.5) is 5.13 Å². The zero-order valence-electron chi connectivity index (χ0n) is 15.9. The molecule has 2 aromatic heterocycles. The standard InChI is InChI=1S/C21H22N4O3S/c26-19-13-17(28-16-8-2-1-3-9-16)14-23-25(19)18(12-15-6-4-5-7-15)20(27)24-21-22-10-11-29-21/h1-3,8-11,13-15,18H,4-7,12H2,(H,22,24,27). The van der Waals surface area contributed by atoms with Crippen LogP contribution in [0.2, 0.25) is 0 Å². The highest BCUT2D eigenvalue weighted by Gasteiger charge is 2.28. The number of amides is 1. The van der Waals surface area contributed by atoms with Crippen LogP contribution in [0.15, 0.2) is 59.0 Å². The quantitative estimate of drug-likeness (QED) is 0.629. The Morgan fingerprint density at radius 3 is 2.72 bits per heavy atom. The van der Waals surface area contributed by atoms with Gasteiger partial charge in [0, 0.05) is 17.6 Å². The predicted molar refractivity (Wildman–Crippen MR) is 111 cm³/mol. The van der Waals surface area contributed by atoms with Gasteiger partial charge in [-0.2, -0.15) is 5.10 Å². The summed E-state index contributed by atoms with van der Waals surface area (Å²) in [5.41, 5.74) is -0.365. The molecule has 1 atom stereocenters. The van der Waals surface area contributed by atoms with E-state index in [1.807, 2.05) is 18.2 Å². The maximum Gasteiger partial charge on any atom is 0.271 e. The van der Waals surface area contributed by atoms with Gasteiger partial charge in [-0.3, -0.25) is 9.59 Å². The second kappa shape index (κ2) is 9.00. The molecule has 0 bridgehead atoms. The van der Waals surface area contributed by atoms with Crippen molar-refractivity contribution in [2.24, 2.45) is 5.92 Å². The van der Waals surface area contributed by atoms with E-state index in [0.29, 0.717) is 29.0 Å². The minimum absolute atomic E-state index is 0.266. The Balaban J connectivity index is 1.57. The molecule has 0 radical (unpaired) electrons. The van der Waals surface area contributed by atoms with E-state index >= 15 is 0 Å². The molecule has 4 rings (SSSR count). The van der Waals surface area contributed by atoms with Gasteiger partial charge in [0.15, 0.2) is 10.9 Å². The summed E-state index contributed by atoms with van der Waals surface area (Å²) >= 11 is 1.34. The molecular formula is C21H22N4O3S. The van der Waals surface area contributed by atoms with Crippen molar-refractivity contribution >= 4 is 22.4 Å². The summed E-state index contributed by atoms with van der Waals surface area (Å²) < 4.78 is 6.95. The molecule has 8 heteroatoms. The van der Waals surface area contributed by atoms with Crippen molar-refractivity contribution in [2.75, 3.05) is 5.32 Å². The number of carbonyl (C=O) groups excluding carboxylic acids is 1. The molecule has 1 fully saturated rings. The van der Waals surface area contributed by atoms with E-state index in [9.17, 15) is 9.59 Å².